The second-order valence-electron chi connectivity index (χ2n) is 16.4. The standard InChI is InChI=1S/C34H52O9/c1-7-30(4,28(38)42-32(6)11-8-9-12-32)20-31(5,27(37)41-24-10-13-40-25(24)35)19-29(2,3)26(36)43-34-17-22-14-23(18-34)16-33(39,15-22)21-34/h22-24,39H,7-21H2,1-6H3. The van der Waals surface area contributed by atoms with E-state index in [0.717, 1.165) is 57.8 Å². The molecule has 6 aliphatic rings. The van der Waals surface area contributed by atoms with Crippen LogP contribution in [-0.4, -0.2) is 58.5 Å². The van der Waals surface area contributed by atoms with Gasteiger partial charge in [0.2, 0.25) is 6.10 Å². The molecule has 242 valence electrons. The Hall–Kier alpha value is -2.16. The smallest absolute Gasteiger partial charge is 0.347 e. The molecule has 1 aliphatic heterocycles. The van der Waals surface area contributed by atoms with E-state index in [2.05, 4.69) is 0 Å². The summed E-state index contributed by atoms with van der Waals surface area (Å²) in [5, 5.41) is 11.2. The summed E-state index contributed by atoms with van der Waals surface area (Å²) in [6, 6.07) is 0. The second kappa shape index (κ2) is 11.0. The summed E-state index contributed by atoms with van der Waals surface area (Å²) in [7, 11) is 0. The monoisotopic (exact) mass is 604 g/mol. The third-order valence-electron chi connectivity index (χ3n) is 11.4. The number of hydrogen-bond acceptors (Lipinski definition) is 9. The van der Waals surface area contributed by atoms with E-state index in [-0.39, 0.29) is 31.8 Å². The molecule has 4 bridgehead atoms. The van der Waals surface area contributed by atoms with Crippen LogP contribution in [0.15, 0.2) is 0 Å². The average molecular weight is 605 g/mol. The largest absolute Gasteiger partial charge is 0.463 e. The van der Waals surface area contributed by atoms with Crippen LogP contribution in [0.1, 0.15) is 131 Å². The van der Waals surface area contributed by atoms with E-state index in [0.29, 0.717) is 24.7 Å². The molecule has 1 heterocycles. The molecule has 5 unspecified atom stereocenters. The van der Waals surface area contributed by atoms with Crippen molar-refractivity contribution < 1.29 is 43.2 Å². The van der Waals surface area contributed by atoms with Crippen LogP contribution in [0.25, 0.3) is 0 Å². The van der Waals surface area contributed by atoms with Gasteiger partial charge in [-0.2, -0.15) is 0 Å². The van der Waals surface area contributed by atoms with E-state index in [4.69, 9.17) is 18.9 Å². The maximum Gasteiger partial charge on any atom is 0.347 e. The molecule has 0 aromatic rings. The Morgan fingerprint density at radius 2 is 1.53 bits per heavy atom. The lowest BCUT2D eigenvalue weighted by Gasteiger charge is -2.59. The fourth-order valence-electron chi connectivity index (χ4n) is 9.47. The summed E-state index contributed by atoms with van der Waals surface area (Å²) < 4.78 is 23.2. The molecule has 6 fully saturated rings. The lowest BCUT2D eigenvalue weighted by Crippen LogP contribution is -2.61. The normalized spacial score (nSPS) is 35.5. The highest BCUT2D eigenvalue weighted by atomic mass is 16.6. The third kappa shape index (κ3) is 6.48. The molecule has 0 aromatic heterocycles. The average Bonchev–Trinajstić information content (AvgIpc) is 3.49. The number of carbonyl (C=O) groups excluding carboxylic acids is 4. The molecule has 0 aromatic carbocycles. The first kappa shape index (κ1) is 32.2. The molecular formula is C34H52O9. The van der Waals surface area contributed by atoms with Gasteiger partial charge in [-0.1, -0.05) is 6.92 Å². The van der Waals surface area contributed by atoms with Crippen LogP contribution in [0.3, 0.4) is 0 Å². The molecule has 0 spiro atoms. The van der Waals surface area contributed by atoms with Gasteiger partial charge in [0.25, 0.3) is 0 Å². The molecular weight excluding hydrogens is 552 g/mol. The van der Waals surface area contributed by atoms with Crippen molar-refractivity contribution in [3.8, 4) is 0 Å². The maximum absolute atomic E-state index is 14.0. The second-order valence-corrected chi connectivity index (χ2v) is 16.4. The van der Waals surface area contributed by atoms with Gasteiger partial charge in [0.05, 0.1) is 28.5 Å². The number of hydrogen-bond donors (Lipinski definition) is 1. The SMILES string of the molecule is CCC(C)(CC(C)(CC(C)(C)C(=O)OC12CC3CC(CC(O)(C3)C1)C2)C(=O)OC1CCOC1=O)C(=O)OC1(C)CCCC1. The fraction of sp³-hybridized carbons (Fsp3) is 0.882. The van der Waals surface area contributed by atoms with Crippen molar-refractivity contribution in [1.29, 1.82) is 0 Å². The van der Waals surface area contributed by atoms with Crippen LogP contribution in [0.4, 0.5) is 0 Å². The number of cyclic esters (lactones) is 1. The van der Waals surface area contributed by atoms with Crippen molar-refractivity contribution in [2.75, 3.05) is 6.61 Å². The number of carbonyl (C=O) groups is 4. The van der Waals surface area contributed by atoms with Crippen LogP contribution >= 0.6 is 0 Å². The van der Waals surface area contributed by atoms with Crippen molar-refractivity contribution in [3.63, 3.8) is 0 Å². The van der Waals surface area contributed by atoms with Crippen molar-refractivity contribution in [1.82, 2.24) is 0 Å². The lowest BCUT2D eigenvalue weighted by molar-refractivity contribution is -0.226. The molecule has 1 saturated heterocycles. The zero-order valence-corrected chi connectivity index (χ0v) is 27.1. The molecule has 0 amide bonds. The Labute approximate surface area is 256 Å². The first-order valence-electron chi connectivity index (χ1n) is 16.5. The summed E-state index contributed by atoms with van der Waals surface area (Å²) in [6.07, 6.45) is 8.01. The minimum Gasteiger partial charge on any atom is -0.463 e. The molecule has 5 saturated carbocycles. The van der Waals surface area contributed by atoms with Gasteiger partial charge in [0.15, 0.2) is 0 Å². The van der Waals surface area contributed by atoms with Crippen molar-refractivity contribution in [2.45, 2.75) is 154 Å². The van der Waals surface area contributed by atoms with Crippen molar-refractivity contribution in [2.24, 2.45) is 28.1 Å². The van der Waals surface area contributed by atoms with Gasteiger partial charge in [-0.05, 0) is 124 Å². The third-order valence-corrected chi connectivity index (χ3v) is 11.4. The molecule has 9 nitrogen and oxygen atoms in total. The van der Waals surface area contributed by atoms with Crippen LogP contribution in [0, 0.1) is 28.1 Å². The predicted molar refractivity (Wildman–Crippen MR) is 156 cm³/mol. The van der Waals surface area contributed by atoms with E-state index in [9.17, 15) is 24.3 Å². The number of esters is 4. The molecule has 43 heavy (non-hydrogen) atoms. The molecule has 9 heteroatoms. The van der Waals surface area contributed by atoms with Crippen LogP contribution in [-0.2, 0) is 38.1 Å². The molecule has 6 rings (SSSR count). The van der Waals surface area contributed by atoms with Crippen LogP contribution < -0.4 is 0 Å². The minimum absolute atomic E-state index is 0.0484. The Balaban J connectivity index is 1.37. The van der Waals surface area contributed by atoms with Crippen LogP contribution in [0.5, 0.6) is 0 Å². The first-order chi connectivity index (χ1) is 19.9. The molecule has 0 radical (unpaired) electrons. The number of aliphatic hydroxyl groups is 1. The van der Waals surface area contributed by atoms with Gasteiger partial charge < -0.3 is 24.1 Å². The van der Waals surface area contributed by atoms with Crippen molar-refractivity contribution in [3.05, 3.63) is 0 Å². The van der Waals surface area contributed by atoms with Gasteiger partial charge in [0, 0.05) is 12.8 Å². The Bertz CT molecular complexity index is 1120. The zero-order valence-electron chi connectivity index (χ0n) is 27.1. The van der Waals surface area contributed by atoms with Crippen LogP contribution in [0.2, 0.25) is 0 Å². The molecule has 5 aliphatic carbocycles. The highest BCUT2D eigenvalue weighted by Gasteiger charge is 2.60. The first-order valence-corrected chi connectivity index (χ1v) is 16.5. The number of rotatable bonds is 11. The predicted octanol–water partition coefficient (Wildman–Crippen LogP) is 5.58. The Morgan fingerprint density at radius 1 is 0.907 bits per heavy atom. The van der Waals surface area contributed by atoms with Crippen molar-refractivity contribution >= 4 is 23.9 Å². The fourth-order valence-corrected chi connectivity index (χ4v) is 9.47. The van der Waals surface area contributed by atoms with E-state index < -0.39 is 57.1 Å². The van der Waals surface area contributed by atoms with Gasteiger partial charge in [-0.15, -0.1) is 0 Å². The summed E-state index contributed by atoms with van der Waals surface area (Å²) >= 11 is 0. The highest BCUT2D eigenvalue weighted by Crippen LogP contribution is 2.59. The zero-order chi connectivity index (χ0) is 31.5. The number of ether oxygens (including phenoxy) is 4. The van der Waals surface area contributed by atoms with E-state index >= 15 is 0 Å². The highest BCUT2D eigenvalue weighted by molar-refractivity contribution is 5.85. The minimum atomic E-state index is -1.31. The summed E-state index contributed by atoms with van der Waals surface area (Å²) in [5.41, 5.74) is -5.45. The molecule has 1 N–H and O–H groups in total. The summed E-state index contributed by atoms with van der Waals surface area (Å²) in [6.45, 7) is 11.1. The van der Waals surface area contributed by atoms with E-state index in [1.165, 1.54) is 0 Å². The van der Waals surface area contributed by atoms with Gasteiger partial charge in [-0.25, -0.2) is 4.79 Å². The van der Waals surface area contributed by atoms with Gasteiger partial charge in [-0.3, -0.25) is 14.4 Å². The van der Waals surface area contributed by atoms with Gasteiger partial charge >= 0.3 is 23.9 Å². The maximum atomic E-state index is 14.0. The topological polar surface area (TPSA) is 125 Å². The summed E-state index contributed by atoms with van der Waals surface area (Å²) in [5.74, 6) is -1.29. The Kier molecular flexibility index (Phi) is 8.26. The quantitative estimate of drug-likeness (QED) is 0.238. The van der Waals surface area contributed by atoms with Gasteiger partial charge in [0.1, 0.15) is 11.2 Å². The molecule has 5 atom stereocenters. The lowest BCUT2D eigenvalue weighted by atomic mass is 9.52. The Morgan fingerprint density at radius 3 is 2.07 bits per heavy atom. The van der Waals surface area contributed by atoms with E-state index in [1.54, 1.807) is 20.8 Å². The summed E-state index contributed by atoms with van der Waals surface area (Å²) in [4.78, 5) is 53.9. The van der Waals surface area contributed by atoms with E-state index in [1.807, 2.05) is 20.8 Å².